The maximum atomic E-state index is 12.9. The van der Waals surface area contributed by atoms with Gasteiger partial charge < -0.3 is 4.74 Å². The van der Waals surface area contributed by atoms with Crippen molar-refractivity contribution in [2.75, 3.05) is 6.61 Å². The molecule has 0 bridgehead atoms. The lowest BCUT2D eigenvalue weighted by Crippen LogP contribution is -2.33. The van der Waals surface area contributed by atoms with Crippen molar-refractivity contribution < 1.29 is 27.1 Å². The third kappa shape index (κ3) is 4.23. The lowest BCUT2D eigenvalue weighted by Gasteiger charge is -2.14. The van der Waals surface area contributed by atoms with E-state index in [4.69, 9.17) is 4.74 Å². The van der Waals surface area contributed by atoms with E-state index in [-0.39, 0.29) is 17.7 Å². The number of ether oxygens (including phenoxy) is 1. The lowest BCUT2D eigenvalue weighted by molar-refractivity contribution is -0.104. The molecule has 7 heteroatoms. The zero-order valence-electron chi connectivity index (χ0n) is 10.2. The van der Waals surface area contributed by atoms with Crippen molar-refractivity contribution in [3.05, 3.63) is 35.4 Å². The molecule has 0 fully saturated rings. The predicted octanol–water partition coefficient (Wildman–Crippen LogP) is 3.84. The molecule has 20 heavy (non-hydrogen) atoms. The fourth-order valence-electron chi connectivity index (χ4n) is 1.13. The van der Waals surface area contributed by atoms with Crippen molar-refractivity contribution >= 4 is 21.9 Å². The van der Waals surface area contributed by atoms with E-state index in [0.717, 1.165) is 0 Å². The van der Waals surface area contributed by atoms with Crippen LogP contribution in [0.15, 0.2) is 24.3 Å². The minimum atomic E-state index is -4.49. The SMILES string of the molecule is CCOC(=O)c1ccc(C#CC(F)(F)C(F)(F)Br)cc1. The van der Waals surface area contributed by atoms with Crippen LogP contribution >= 0.6 is 15.9 Å². The van der Waals surface area contributed by atoms with Gasteiger partial charge >= 0.3 is 16.7 Å². The molecular weight excluding hydrogens is 344 g/mol. The molecule has 0 aromatic heterocycles. The van der Waals surface area contributed by atoms with E-state index in [0.29, 0.717) is 0 Å². The van der Waals surface area contributed by atoms with E-state index in [1.165, 1.54) is 30.2 Å². The molecule has 1 aromatic carbocycles. The minimum Gasteiger partial charge on any atom is -0.462 e. The van der Waals surface area contributed by atoms with Crippen LogP contribution in [0.1, 0.15) is 22.8 Å². The number of carbonyl (C=O) groups is 1. The van der Waals surface area contributed by atoms with Gasteiger partial charge in [-0.25, -0.2) is 4.79 Å². The van der Waals surface area contributed by atoms with Crippen molar-refractivity contribution in [1.82, 2.24) is 0 Å². The quantitative estimate of drug-likeness (QED) is 0.357. The average molecular weight is 353 g/mol. The number of halogens is 5. The Morgan fingerprint density at radius 1 is 1.25 bits per heavy atom. The molecule has 1 rings (SSSR count). The Bertz CT molecular complexity index is 538. The largest absolute Gasteiger partial charge is 0.462 e. The fraction of sp³-hybridized carbons (Fsp3) is 0.308. The fourth-order valence-corrected chi connectivity index (χ4v) is 1.22. The minimum absolute atomic E-state index is 0.0782. The average Bonchev–Trinajstić information content (AvgIpc) is 2.36. The summed E-state index contributed by atoms with van der Waals surface area (Å²) in [6.07, 6.45) is 0. The highest BCUT2D eigenvalue weighted by molar-refractivity contribution is 9.10. The van der Waals surface area contributed by atoms with Gasteiger partial charge in [0.2, 0.25) is 0 Å². The molecule has 0 amide bonds. The molecule has 0 heterocycles. The smallest absolute Gasteiger partial charge is 0.380 e. The second kappa shape index (κ2) is 6.27. The van der Waals surface area contributed by atoms with Crippen molar-refractivity contribution in [3.63, 3.8) is 0 Å². The third-order valence-corrected chi connectivity index (χ3v) is 2.61. The van der Waals surface area contributed by atoms with Crippen molar-refractivity contribution in [2.45, 2.75) is 17.7 Å². The number of alkyl halides is 5. The molecular formula is C13H9BrF4O2. The van der Waals surface area contributed by atoms with Crippen molar-refractivity contribution in [1.29, 1.82) is 0 Å². The third-order valence-electron chi connectivity index (χ3n) is 2.12. The summed E-state index contributed by atoms with van der Waals surface area (Å²) in [6, 6.07) is 5.16. The van der Waals surface area contributed by atoms with Gasteiger partial charge in [-0.1, -0.05) is 5.92 Å². The Kier molecular flexibility index (Phi) is 5.17. The highest BCUT2D eigenvalue weighted by Gasteiger charge is 2.53. The molecule has 0 aliphatic carbocycles. The monoisotopic (exact) mass is 352 g/mol. The van der Waals surface area contributed by atoms with E-state index in [9.17, 15) is 22.4 Å². The second-order valence-electron chi connectivity index (χ2n) is 3.62. The highest BCUT2D eigenvalue weighted by Crippen LogP contribution is 2.38. The van der Waals surface area contributed by atoms with Crippen LogP contribution in [0.3, 0.4) is 0 Å². The van der Waals surface area contributed by atoms with Gasteiger partial charge in [0.1, 0.15) is 0 Å². The molecule has 1 aromatic rings. The van der Waals surface area contributed by atoms with Crippen LogP contribution in [0.2, 0.25) is 0 Å². The summed E-state index contributed by atoms with van der Waals surface area (Å²) in [5.41, 5.74) is 0.296. The Hall–Kier alpha value is -1.55. The number of carbonyl (C=O) groups excluding carboxylic acids is 1. The molecule has 0 saturated heterocycles. The van der Waals surface area contributed by atoms with E-state index < -0.39 is 16.7 Å². The standard InChI is InChI=1S/C13H9BrF4O2/c1-2-20-11(19)10-5-3-9(4-6-10)7-8-12(15,16)13(14,17)18/h3-6H,2H2,1H3. The first-order valence-corrected chi connectivity index (χ1v) is 6.21. The molecule has 0 atom stereocenters. The summed E-state index contributed by atoms with van der Waals surface area (Å²) in [6.45, 7) is 1.84. The maximum Gasteiger partial charge on any atom is 0.380 e. The molecule has 0 spiro atoms. The van der Waals surface area contributed by atoms with E-state index in [1.54, 1.807) is 22.9 Å². The van der Waals surface area contributed by atoms with Crippen LogP contribution in [0, 0.1) is 11.8 Å². The van der Waals surface area contributed by atoms with Gasteiger partial charge in [-0.3, -0.25) is 0 Å². The van der Waals surface area contributed by atoms with Gasteiger partial charge in [0, 0.05) is 5.56 Å². The first kappa shape index (κ1) is 16.5. The summed E-state index contributed by atoms with van der Waals surface area (Å²) in [5, 5.41) is 0. The van der Waals surface area contributed by atoms with Gasteiger partial charge in [-0.05, 0) is 53.0 Å². The van der Waals surface area contributed by atoms with Crippen LogP contribution < -0.4 is 0 Å². The Balaban J connectivity index is 2.90. The Morgan fingerprint density at radius 2 is 1.80 bits per heavy atom. The number of hydrogen-bond donors (Lipinski definition) is 0. The van der Waals surface area contributed by atoms with Crippen LogP contribution in [-0.4, -0.2) is 23.3 Å². The zero-order valence-corrected chi connectivity index (χ0v) is 11.8. The van der Waals surface area contributed by atoms with Crippen LogP contribution in [0.5, 0.6) is 0 Å². The van der Waals surface area contributed by atoms with Gasteiger partial charge in [-0.15, -0.1) is 0 Å². The van der Waals surface area contributed by atoms with Crippen LogP contribution in [0.4, 0.5) is 17.6 Å². The Labute approximate surface area is 121 Å². The number of esters is 1. The summed E-state index contributed by atoms with van der Waals surface area (Å²) in [4.78, 5) is 6.92. The first-order chi connectivity index (χ1) is 9.17. The summed E-state index contributed by atoms with van der Waals surface area (Å²) in [5.74, 6) is -1.94. The molecule has 2 nitrogen and oxygen atoms in total. The Morgan fingerprint density at radius 3 is 2.25 bits per heavy atom. The topological polar surface area (TPSA) is 26.3 Å². The highest BCUT2D eigenvalue weighted by atomic mass is 79.9. The first-order valence-electron chi connectivity index (χ1n) is 5.42. The summed E-state index contributed by atoms with van der Waals surface area (Å²) >= 11 is 1.57. The van der Waals surface area contributed by atoms with E-state index >= 15 is 0 Å². The molecule has 0 aliphatic heterocycles. The van der Waals surface area contributed by atoms with E-state index in [1.807, 2.05) is 5.92 Å². The van der Waals surface area contributed by atoms with Crippen LogP contribution in [-0.2, 0) is 4.74 Å². The molecule has 0 radical (unpaired) electrons. The van der Waals surface area contributed by atoms with Crippen molar-refractivity contribution in [3.8, 4) is 11.8 Å². The van der Waals surface area contributed by atoms with Gasteiger partial charge in [0.05, 0.1) is 12.2 Å². The maximum absolute atomic E-state index is 12.9. The molecule has 0 saturated carbocycles. The zero-order chi connectivity index (χ0) is 15.4. The second-order valence-corrected chi connectivity index (χ2v) is 4.62. The normalized spacial score (nSPS) is 11.5. The van der Waals surface area contributed by atoms with Crippen LogP contribution in [0.25, 0.3) is 0 Å². The molecule has 0 unspecified atom stereocenters. The van der Waals surface area contributed by atoms with Gasteiger partial charge in [0.15, 0.2) is 0 Å². The number of hydrogen-bond acceptors (Lipinski definition) is 2. The number of benzene rings is 1. The van der Waals surface area contributed by atoms with Gasteiger partial charge in [-0.2, -0.15) is 17.6 Å². The molecule has 108 valence electrons. The molecule has 0 aliphatic rings. The van der Waals surface area contributed by atoms with Crippen molar-refractivity contribution in [2.24, 2.45) is 0 Å². The number of rotatable bonds is 3. The lowest BCUT2D eigenvalue weighted by atomic mass is 10.1. The van der Waals surface area contributed by atoms with E-state index in [2.05, 4.69) is 0 Å². The molecule has 0 N–H and O–H groups in total. The predicted molar refractivity (Wildman–Crippen MR) is 68.1 cm³/mol. The summed E-state index contributed by atoms with van der Waals surface area (Å²) in [7, 11) is 0. The summed E-state index contributed by atoms with van der Waals surface area (Å²) < 4.78 is 55.4. The van der Waals surface area contributed by atoms with Gasteiger partial charge in [0.25, 0.3) is 0 Å².